The minimum Gasteiger partial charge on any atom is -0.394 e. The molecule has 94 valence electrons. The van der Waals surface area contributed by atoms with Gasteiger partial charge >= 0.3 is 6.03 Å². The number of amides is 2. The van der Waals surface area contributed by atoms with Crippen LogP contribution < -0.4 is 10.2 Å². The van der Waals surface area contributed by atoms with Crippen molar-refractivity contribution in [2.75, 3.05) is 18.1 Å². The fraction of sp³-hybridized carbons (Fsp3) is 0.636. The molecule has 6 nitrogen and oxygen atoms in total. The number of hydrogen-bond donors (Lipinski definition) is 2. The highest BCUT2D eigenvalue weighted by molar-refractivity contribution is 5.94. The smallest absolute Gasteiger partial charge is 0.323 e. The van der Waals surface area contributed by atoms with Crippen molar-refractivity contribution in [3.8, 4) is 0 Å². The molecule has 0 aliphatic carbocycles. The molecule has 1 aromatic rings. The summed E-state index contributed by atoms with van der Waals surface area (Å²) in [5, 5.41) is 15.9. The average molecular weight is 239 g/mol. The summed E-state index contributed by atoms with van der Waals surface area (Å²) in [6.45, 7) is 4.33. The molecule has 0 radical (unpaired) electrons. The highest BCUT2D eigenvalue weighted by atomic mass is 16.5. The highest BCUT2D eigenvalue weighted by Gasteiger charge is 2.35. The topological polar surface area (TPSA) is 78.6 Å². The van der Waals surface area contributed by atoms with Gasteiger partial charge < -0.3 is 14.9 Å². The summed E-state index contributed by atoms with van der Waals surface area (Å²) in [4.78, 5) is 13.2. The van der Waals surface area contributed by atoms with Crippen molar-refractivity contribution in [1.29, 1.82) is 0 Å². The maximum atomic E-state index is 11.7. The molecule has 2 amide bonds. The summed E-state index contributed by atoms with van der Waals surface area (Å²) < 4.78 is 5.24. The molecule has 17 heavy (non-hydrogen) atoms. The quantitative estimate of drug-likeness (QED) is 0.810. The molecule has 1 unspecified atom stereocenters. The molecule has 1 fully saturated rings. The number of carbonyl (C=O) groups is 1. The van der Waals surface area contributed by atoms with Crippen LogP contribution in [0.1, 0.15) is 25.2 Å². The molecule has 1 aromatic heterocycles. The highest BCUT2D eigenvalue weighted by Crippen LogP contribution is 2.27. The summed E-state index contributed by atoms with van der Waals surface area (Å²) in [6, 6.07) is -0.489. The van der Waals surface area contributed by atoms with E-state index in [0.29, 0.717) is 12.4 Å². The Labute approximate surface area is 99.6 Å². The van der Waals surface area contributed by atoms with Crippen LogP contribution in [0.25, 0.3) is 0 Å². The van der Waals surface area contributed by atoms with E-state index in [2.05, 4.69) is 10.5 Å². The van der Waals surface area contributed by atoms with Gasteiger partial charge in [-0.05, 0) is 6.42 Å². The van der Waals surface area contributed by atoms with Crippen molar-refractivity contribution in [3.05, 3.63) is 11.3 Å². The van der Waals surface area contributed by atoms with Gasteiger partial charge in [0.05, 0.1) is 12.6 Å². The molecule has 1 atom stereocenters. The molecule has 2 rings (SSSR count). The van der Waals surface area contributed by atoms with Crippen LogP contribution in [0.3, 0.4) is 0 Å². The molecule has 0 saturated carbocycles. The Balaban J connectivity index is 2.38. The molecule has 2 N–H and O–H groups in total. The second-order valence-corrected chi connectivity index (χ2v) is 4.01. The Hall–Kier alpha value is -1.56. The molecule has 1 aliphatic rings. The predicted molar refractivity (Wildman–Crippen MR) is 62.0 cm³/mol. The summed E-state index contributed by atoms with van der Waals surface area (Å²) in [5.74, 6) is 1.34. The van der Waals surface area contributed by atoms with Gasteiger partial charge in [-0.3, -0.25) is 4.90 Å². The number of nitrogens with one attached hydrogen (secondary N) is 1. The summed E-state index contributed by atoms with van der Waals surface area (Å²) in [7, 11) is 0. The van der Waals surface area contributed by atoms with E-state index in [-0.39, 0.29) is 18.7 Å². The third-order valence-corrected chi connectivity index (χ3v) is 3.04. The van der Waals surface area contributed by atoms with Gasteiger partial charge in [-0.2, -0.15) is 0 Å². The lowest BCUT2D eigenvalue weighted by Crippen LogP contribution is -2.37. The van der Waals surface area contributed by atoms with Crippen LogP contribution in [0.15, 0.2) is 4.52 Å². The largest absolute Gasteiger partial charge is 0.394 e. The molecule has 0 bridgehead atoms. The van der Waals surface area contributed by atoms with Crippen LogP contribution in [0.2, 0.25) is 0 Å². The number of nitrogens with zero attached hydrogens (tertiary/aromatic N) is 2. The lowest BCUT2D eigenvalue weighted by atomic mass is 10.1. The minimum absolute atomic E-state index is 0.0871. The number of aliphatic hydroxyl groups excluding tert-OH is 1. The summed E-state index contributed by atoms with van der Waals surface area (Å²) in [6.07, 6.45) is 1.50. The van der Waals surface area contributed by atoms with Crippen molar-refractivity contribution in [1.82, 2.24) is 10.5 Å². The molecule has 6 heteroatoms. The van der Waals surface area contributed by atoms with Crippen molar-refractivity contribution >= 4 is 11.8 Å². The number of aliphatic hydroxyl groups is 1. The van der Waals surface area contributed by atoms with Crippen LogP contribution in [-0.4, -0.2) is 35.5 Å². The number of hydrogen-bond acceptors (Lipinski definition) is 4. The zero-order valence-electron chi connectivity index (χ0n) is 10.1. The first-order valence-electron chi connectivity index (χ1n) is 5.88. The van der Waals surface area contributed by atoms with E-state index in [1.165, 1.54) is 4.90 Å². The van der Waals surface area contributed by atoms with E-state index in [4.69, 9.17) is 4.52 Å². The fourth-order valence-electron chi connectivity index (χ4n) is 2.12. The number of aryl methyl sites for hydroxylation is 1. The number of urea groups is 1. The third-order valence-electron chi connectivity index (χ3n) is 3.04. The van der Waals surface area contributed by atoms with Crippen LogP contribution >= 0.6 is 0 Å². The van der Waals surface area contributed by atoms with E-state index in [9.17, 15) is 9.90 Å². The van der Waals surface area contributed by atoms with E-state index in [1.807, 2.05) is 13.8 Å². The Bertz CT molecular complexity index is 416. The van der Waals surface area contributed by atoms with Gasteiger partial charge in [-0.1, -0.05) is 19.0 Å². The fourth-order valence-corrected chi connectivity index (χ4v) is 2.12. The zero-order chi connectivity index (χ0) is 12.4. The average Bonchev–Trinajstić information content (AvgIpc) is 2.90. The van der Waals surface area contributed by atoms with E-state index in [1.54, 1.807) is 0 Å². The van der Waals surface area contributed by atoms with Crippen molar-refractivity contribution < 1.29 is 14.4 Å². The van der Waals surface area contributed by atoms with Gasteiger partial charge in [-0.25, -0.2) is 4.79 Å². The van der Waals surface area contributed by atoms with Gasteiger partial charge in [0.1, 0.15) is 5.76 Å². The Morgan fingerprint density at radius 3 is 2.88 bits per heavy atom. The van der Waals surface area contributed by atoms with Crippen molar-refractivity contribution in [2.24, 2.45) is 0 Å². The number of anilines is 1. The van der Waals surface area contributed by atoms with Crippen LogP contribution in [0.5, 0.6) is 0 Å². The Kier molecular flexibility index (Phi) is 3.33. The van der Waals surface area contributed by atoms with Crippen molar-refractivity contribution in [3.63, 3.8) is 0 Å². The molecular weight excluding hydrogens is 222 g/mol. The Morgan fingerprint density at radius 1 is 1.53 bits per heavy atom. The second-order valence-electron chi connectivity index (χ2n) is 4.01. The first-order valence-corrected chi connectivity index (χ1v) is 5.88. The predicted octanol–water partition coefficient (Wildman–Crippen LogP) is 0.690. The first-order chi connectivity index (χ1) is 8.22. The lowest BCUT2D eigenvalue weighted by molar-refractivity contribution is 0.247. The van der Waals surface area contributed by atoms with Gasteiger partial charge in [0.2, 0.25) is 0 Å². The van der Waals surface area contributed by atoms with E-state index < -0.39 is 0 Å². The van der Waals surface area contributed by atoms with Gasteiger partial charge in [-0.15, -0.1) is 0 Å². The number of rotatable bonds is 4. The van der Waals surface area contributed by atoms with Gasteiger partial charge in [0.15, 0.2) is 5.82 Å². The molecular formula is C11H17N3O3. The van der Waals surface area contributed by atoms with E-state index in [0.717, 1.165) is 24.2 Å². The van der Waals surface area contributed by atoms with Crippen LogP contribution in [0, 0.1) is 0 Å². The van der Waals surface area contributed by atoms with Gasteiger partial charge in [0, 0.05) is 18.5 Å². The third kappa shape index (κ3) is 1.88. The number of carbonyl (C=O) groups excluding carboxylic acids is 1. The van der Waals surface area contributed by atoms with Crippen LogP contribution in [-0.2, 0) is 12.8 Å². The zero-order valence-corrected chi connectivity index (χ0v) is 10.1. The number of aromatic nitrogens is 1. The monoisotopic (exact) mass is 239 g/mol. The Morgan fingerprint density at radius 2 is 2.29 bits per heavy atom. The maximum Gasteiger partial charge on any atom is 0.323 e. The lowest BCUT2D eigenvalue weighted by Gasteiger charge is -2.19. The maximum absolute atomic E-state index is 11.7. The first kappa shape index (κ1) is 11.9. The summed E-state index contributed by atoms with van der Waals surface area (Å²) >= 11 is 0. The summed E-state index contributed by atoms with van der Waals surface area (Å²) in [5.41, 5.74) is 0.947. The minimum atomic E-state index is -0.261. The molecule has 0 aromatic carbocycles. The SMILES string of the molecule is CCc1onc(N2C(=O)NCC2CO)c1CC. The van der Waals surface area contributed by atoms with Crippen molar-refractivity contribution in [2.45, 2.75) is 32.7 Å². The molecule has 2 heterocycles. The normalized spacial score (nSPS) is 19.8. The molecule has 0 spiro atoms. The van der Waals surface area contributed by atoms with Gasteiger partial charge in [0.25, 0.3) is 0 Å². The standard InChI is InChI=1S/C11H17N3O3/c1-3-8-9(4-2)17-13-10(8)14-7(6-15)5-12-11(14)16/h7,15H,3-6H2,1-2H3,(H,12,16). The second kappa shape index (κ2) is 4.75. The van der Waals surface area contributed by atoms with E-state index >= 15 is 0 Å². The molecule has 1 aliphatic heterocycles. The van der Waals surface area contributed by atoms with Crippen LogP contribution in [0.4, 0.5) is 10.6 Å². The molecule has 1 saturated heterocycles.